The summed E-state index contributed by atoms with van der Waals surface area (Å²) in [5.41, 5.74) is -0.415. The highest BCUT2D eigenvalue weighted by molar-refractivity contribution is 5.68. The zero-order valence-electron chi connectivity index (χ0n) is 12.5. The van der Waals surface area contributed by atoms with E-state index in [1.807, 2.05) is 25.7 Å². The predicted molar refractivity (Wildman–Crippen MR) is 73.2 cm³/mol. The standard InChI is InChI=1S/C14H26N2O3/c1-11-12(5-10-18-11)15-6-8-16(9-7-15)13(17)19-14(2,3)4/h11-12H,5-10H2,1-4H3. The van der Waals surface area contributed by atoms with Crippen LogP contribution < -0.4 is 0 Å². The average Bonchev–Trinajstić information content (AvgIpc) is 2.73. The minimum Gasteiger partial charge on any atom is -0.444 e. The highest BCUT2D eigenvalue weighted by atomic mass is 16.6. The van der Waals surface area contributed by atoms with Crippen LogP contribution in [0.3, 0.4) is 0 Å². The van der Waals surface area contributed by atoms with Crippen molar-refractivity contribution in [3.05, 3.63) is 0 Å². The van der Waals surface area contributed by atoms with E-state index >= 15 is 0 Å². The van der Waals surface area contributed by atoms with Gasteiger partial charge in [0.15, 0.2) is 0 Å². The van der Waals surface area contributed by atoms with Gasteiger partial charge in [-0.3, -0.25) is 4.90 Å². The van der Waals surface area contributed by atoms with Crippen molar-refractivity contribution in [3.63, 3.8) is 0 Å². The highest BCUT2D eigenvalue weighted by Gasteiger charge is 2.33. The molecule has 0 bridgehead atoms. The zero-order chi connectivity index (χ0) is 14.0. The molecule has 0 radical (unpaired) electrons. The van der Waals surface area contributed by atoms with Crippen molar-refractivity contribution in [1.29, 1.82) is 0 Å². The molecule has 2 rings (SSSR count). The van der Waals surface area contributed by atoms with Crippen molar-refractivity contribution in [2.75, 3.05) is 32.8 Å². The molecule has 2 unspecified atom stereocenters. The quantitative estimate of drug-likeness (QED) is 0.727. The molecule has 2 aliphatic rings. The molecule has 0 aromatic rings. The fraction of sp³-hybridized carbons (Fsp3) is 0.929. The number of hydrogen-bond acceptors (Lipinski definition) is 4. The number of amides is 1. The summed E-state index contributed by atoms with van der Waals surface area (Å²) < 4.78 is 11.0. The van der Waals surface area contributed by atoms with Crippen molar-refractivity contribution >= 4 is 6.09 Å². The third-order valence-corrected chi connectivity index (χ3v) is 3.77. The molecule has 2 atom stereocenters. The Morgan fingerprint density at radius 3 is 2.32 bits per heavy atom. The van der Waals surface area contributed by atoms with Gasteiger partial charge < -0.3 is 14.4 Å². The Hall–Kier alpha value is -0.810. The topological polar surface area (TPSA) is 42.0 Å². The molecule has 0 aromatic carbocycles. The highest BCUT2D eigenvalue weighted by Crippen LogP contribution is 2.21. The smallest absolute Gasteiger partial charge is 0.410 e. The maximum Gasteiger partial charge on any atom is 0.410 e. The molecule has 0 spiro atoms. The van der Waals surface area contributed by atoms with Crippen LogP contribution in [0.15, 0.2) is 0 Å². The minimum absolute atomic E-state index is 0.192. The SMILES string of the molecule is CC1OCCC1N1CCN(C(=O)OC(C)(C)C)CC1. The van der Waals surface area contributed by atoms with Crippen LogP contribution in [0.25, 0.3) is 0 Å². The van der Waals surface area contributed by atoms with Crippen LogP contribution in [0, 0.1) is 0 Å². The van der Waals surface area contributed by atoms with Crippen molar-refractivity contribution in [1.82, 2.24) is 9.80 Å². The van der Waals surface area contributed by atoms with Gasteiger partial charge in [-0.1, -0.05) is 0 Å². The summed E-state index contributed by atoms with van der Waals surface area (Å²) in [5, 5.41) is 0. The molecule has 2 fully saturated rings. The predicted octanol–water partition coefficient (Wildman–Crippen LogP) is 1.72. The fourth-order valence-corrected chi connectivity index (χ4v) is 2.76. The van der Waals surface area contributed by atoms with Crippen molar-refractivity contribution in [2.45, 2.75) is 51.9 Å². The van der Waals surface area contributed by atoms with Gasteiger partial charge in [-0.05, 0) is 34.1 Å². The van der Waals surface area contributed by atoms with Crippen LogP contribution in [0.5, 0.6) is 0 Å². The van der Waals surface area contributed by atoms with E-state index in [1.54, 1.807) is 0 Å². The zero-order valence-corrected chi connectivity index (χ0v) is 12.5. The first-order valence-corrected chi connectivity index (χ1v) is 7.20. The number of nitrogens with zero attached hydrogens (tertiary/aromatic N) is 2. The lowest BCUT2D eigenvalue weighted by atomic mass is 10.1. The number of piperazine rings is 1. The molecule has 5 heteroatoms. The molecule has 0 aliphatic carbocycles. The van der Waals surface area contributed by atoms with Gasteiger partial charge in [-0.25, -0.2) is 4.79 Å². The molecule has 0 aromatic heterocycles. The van der Waals surface area contributed by atoms with E-state index in [4.69, 9.17) is 9.47 Å². The van der Waals surface area contributed by atoms with Crippen LogP contribution in [-0.2, 0) is 9.47 Å². The first-order chi connectivity index (χ1) is 8.87. The lowest BCUT2D eigenvalue weighted by Crippen LogP contribution is -2.54. The minimum atomic E-state index is -0.415. The monoisotopic (exact) mass is 270 g/mol. The van der Waals surface area contributed by atoms with Gasteiger partial charge in [0, 0.05) is 38.8 Å². The summed E-state index contributed by atoms with van der Waals surface area (Å²) >= 11 is 0. The summed E-state index contributed by atoms with van der Waals surface area (Å²) in [5.74, 6) is 0. The third kappa shape index (κ3) is 3.83. The van der Waals surface area contributed by atoms with Crippen LogP contribution in [0.4, 0.5) is 4.79 Å². The summed E-state index contributed by atoms with van der Waals surface area (Å²) in [4.78, 5) is 16.2. The molecular weight excluding hydrogens is 244 g/mol. The summed E-state index contributed by atoms with van der Waals surface area (Å²) in [6, 6.07) is 0.515. The number of rotatable bonds is 1. The second kappa shape index (κ2) is 5.67. The largest absolute Gasteiger partial charge is 0.444 e. The summed E-state index contributed by atoms with van der Waals surface area (Å²) in [6.45, 7) is 12.0. The van der Waals surface area contributed by atoms with Crippen molar-refractivity contribution in [2.24, 2.45) is 0 Å². The van der Waals surface area contributed by atoms with Gasteiger partial charge in [-0.2, -0.15) is 0 Å². The Morgan fingerprint density at radius 1 is 1.21 bits per heavy atom. The molecule has 19 heavy (non-hydrogen) atoms. The summed E-state index contributed by atoms with van der Waals surface area (Å²) in [7, 11) is 0. The van der Waals surface area contributed by atoms with E-state index in [1.165, 1.54) is 0 Å². The van der Waals surface area contributed by atoms with Crippen LogP contribution >= 0.6 is 0 Å². The summed E-state index contributed by atoms with van der Waals surface area (Å²) in [6.07, 6.45) is 1.23. The Bertz CT molecular complexity index is 319. The van der Waals surface area contributed by atoms with E-state index in [-0.39, 0.29) is 6.09 Å². The number of ether oxygens (including phenoxy) is 2. The molecular formula is C14H26N2O3. The van der Waals surface area contributed by atoms with Crippen molar-refractivity contribution < 1.29 is 14.3 Å². The van der Waals surface area contributed by atoms with E-state index < -0.39 is 5.60 Å². The molecule has 0 N–H and O–H groups in total. The van der Waals surface area contributed by atoms with Gasteiger partial charge in [0.2, 0.25) is 0 Å². The van der Waals surface area contributed by atoms with Crippen LogP contribution in [0.1, 0.15) is 34.1 Å². The first kappa shape index (κ1) is 14.6. The maximum atomic E-state index is 12.0. The number of carbonyl (C=O) groups is 1. The molecule has 2 saturated heterocycles. The fourth-order valence-electron chi connectivity index (χ4n) is 2.76. The Balaban J connectivity index is 1.80. The first-order valence-electron chi connectivity index (χ1n) is 7.20. The van der Waals surface area contributed by atoms with Crippen LogP contribution in [-0.4, -0.2) is 66.4 Å². The van der Waals surface area contributed by atoms with E-state index in [9.17, 15) is 4.79 Å². The van der Waals surface area contributed by atoms with E-state index in [2.05, 4.69) is 11.8 Å². The molecule has 110 valence electrons. The molecule has 2 aliphatic heterocycles. The number of carbonyl (C=O) groups excluding carboxylic acids is 1. The van der Waals surface area contributed by atoms with E-state index in [0.29, 0.717) is 12.1 Å². The van der Waals surface area contributed by atoms with Gasteiger partial charge in [0.25, 0.3) is 0 Å². The van der Waals surface area contributed by atoms with Crippen LogP contribution in [0.2, 0.25) is 0 Å². The number of hydrogen-bond donors (Lipinski definition) is 0. The van der Waals surface area contributed by atoms with Gasteiger partial charge in [0.1, 0.15) is 5.60 Å². The third-order valence-electron chi connectivity index (χ3n) is 3.77. The average molecular weight is 270 g/mol. The Morgan fingerprint density at radius 2 is 1.84 bits per heavy atom. The molecule has 0 saturated carbocycles. The van der Waals surface area contributed by atoms with Crippen molar-refractivity contribution in [3.8, 4) is 0 Å². The molecule has 2 heterocycles. The van der Waals surface area contributed by atoms with E-state index in [0.717, 1.165) is 39.2 Å². The molecule has 5 nitrogen and oxygen atoms in total. The van der Waals surface area contributed by atoms with Gasteiger partial charge in [0.05, 0.1) is 6.10 Å². The Labute approximate surface area is 115 Å². The van der Waals surface area contributed by atoms with Gasteiger partial charge >= 0.3 is 6.09 Å². The van der Waals surface area contributed by atoms with Gasteiger partial charge in [-0.15, -0.1) is 0 Å². The maximum absolute atomic E-state index is 12.0. The lowest BCUT2D eigenvalue weighted by molar-refractivity contribution is 0.00471. The normalized spacial score (nSPS) is 29.6. The molecule has 1 amide bonds. The second-order valence-electron chi connectivity index (χ2n) is 6.44. The second-order valence-corrected chi connectivity index (χ2v) is 6.44. The lowest BCUT2D eigenvalue weighted by Gasteiger charge is -2.39. The Kier molecular flexibility index (Phi) is 4.36.